The molecule has 0 aromatic heterocycles. The van der Waals surface area contributed by atoms with Gasteiger partial charge in [-0.05, 0) is 6.92 Å². The maximum Gasteiger partial charge on any atom is 0.321 e. The molecular weight excluding hydrogens is 172 g/mol. The van der Waals surface area contributed by atoms with Crippen LogP contribution in [0, 0.1) is 0 Å². The Morgan fingerprint density at radius 1 is 1.55 bits per heavy atom. The van der Waals surface area contributed by atoms with Gasteiger partial charge in [0, 0.05) is 7.05 Å². The zero-order chi connectivity index (χ0) is 9.07. The van der Waals surface area contributed by atoms with E-state index in [4.69, 9.17) is 5.11 Å². The van der Waals surface area contributed by atoms with Crippen molar-refractivity contribution in [3.63, 3.8) is 0 Å². The molecule has 0 bridgehead atoms. The van der Waals surface area contributed by atoms with Gasteiger partial charge in [-0.2, -0.15) is 13.1 Å². The van der Waals surface area contributed by atoms with E-state index in [0.717, 1.165) is 0 Å². The first-order valence-corrected chi connectivity index (χ1v) is 4.31. The highest BCUT2D eigenvalue weighted by atomic mass is 32.2. The van der Waals surface area contributed by atoms with Gasteiger partial charge in [0.15, 0.2) is 0 Å². The molecule has 0 fully saturated rings. The molecule has 11 heavy (non-hydrogen) atoms. The van der Waals surface area contributed by atoms with Gasteiger partial charge in [0.2, 0.25) is 0 Å². The molecule has 0 aliphatic carbocycles. The topological polar surface area (TPSA) is 95.5 Å². The normalized spacial score (nSPS) is 14.4. The molecule has 0 aliphatic heterocycles. The van der Waals surface area contributed by atoms with E-state index in [1.165, 1.54) is 14.0 Å². The third-order valence-electron chi connectivity index (χ3n) is 0.971. The van der Waals surface area contributed by atoms with E-state index in [-0.39, 0.29) is 0 Å². The highest BCUT2D eigenvalue weighted by Gasteiger charge is 2.16. The lowest BCUT2D eigenvalue weighted by Crippen LogP contribution is -2.43. The minimum atomic E-state index is -3.64. The van der Waals surface area contributed by atoms with Gasteiger partial charge in [-0.1, -0.05) is 0 Å². The van der Waals surface area contributed by atoms with Crippen LogP contribution < -0.4 is 9.44 Å². The van der Waals surface area contributed by atoms with Crippen molar-refractivity contribution in [2.45, 2.75) is 13.0 Å². The summed E-state index contributed by atoms with van der Waals surface area (Å²) in [7, 11) is -2.45. The molecule has 1 atom stereocenters. The Labute approximate surface area is 64.8 Å². The average molecular weight is 182 g/mol. The predicted octanol–water partition coefficient (Wildman–Crippen LogP) is -1.49. The fourth-order valence-electron chi connectivity index (χ4n) is 0.342. The second kappa shape index (κ2) is 3.65. The zero-order valence-corrected chi connectivity index (χ0v) is 6.97. The van der Waals surface area contributed by atoms with Gasteiger partial charge >= 0.3 is 5.97 Å². The number of hydrogen-bond acceptors (Lipinski definition) is 3. The molecule has 0 saturated heterocycles. The summed E-state index contributed by atoms with van der Waals surface area (Å²) in [5.74, 6) is -1.22. The van der Waals surface area contributed by atoms with Crippen molar-refractivity contribution < 1.29 is 18.3 Å². The molecule has 3 N–H and O–H groups in total. The van der Waals surface area contributed by atoms with Crippen molar-refractivity contribution in [1.82, 2.24) is 9.44 Å². The number of carbonyl (C=O) groups is 1. The number of carboxylic acids is 1. The van der Waals surface area contributed by atoms with Crippen LogP contribution in [-0.4, -0.2) is 32.6 Å². The standard InChI is InChI=1S/C4H10N2O4S/c1-3(4(7)8)6-11(9,10)5-2/h3,5-6H,1-2H3,(H,7,8)/t3-/m1/s1. The van der Waals surface area contributed by atoms with Crippen LogP contribution >= 0.6 is 0 Å². The summed E-state index contributed by atoms with van der Waals surface area (Å²) in [6.45, 7) is 1.23. The van der Waals surface area contributed by atoms with Crippen LogP contribution in [0.4, 0.5) is 0 Å². The molecule has 0 aliphatic rings. The predicted molar refractivity (Wildman–Crippen MR) is 38.2 cm³/mol. The smallest absolute Gasteiger partial charge is 0.321 e. The molecule has 0 amide bonds. The average Bonchev–Trinajstić information content (AvgIpc) is 1.87. The molecule has 7 heteroatoms. The summed E-state index contributed by atoms with van der Waals surface area (Å²) < 4.78 is 25.0. The van der Waals surface area contributed by atoms with Gasteiger partial charge in [-0.3, -0.25) is 4.79 Å². The summed E-state index contributed by atoms with van der Waals surface area (Å²) in [4.78, 5) is 10.1. The van der Waals surface area contributed by atoms with Gasteiger partial charge < -0.3 is 5.11 Å². The molecule has 66 valence electrons. The van der Waals surface area contributed by atoms with E-state index in [1.54, 1.807) is 0 Å². The Balaban J connectivity index is 4.16. The van der Waals surface area contributed by atoms with Gasteiger partial charge in [0.1, 0.15) is 6.04 Å². The second-order valence-corrected chi connectivity index (χ2v) is 3.54. The Kier molecular flexibility index (Phi) is 3.43. The van der Waals surface area contributed by atoms with E-state index in [1.807, 2.05) is 9.44 Å². The van der Waals surface area contributed by atoms with Gasteiger partial charge in [0.25, 0.3) is 10.2 Å². The van der Waals surface area contributed by atoms with Crippen molar-refractivity contribution in [2.75, 3.05) is 7.05 Å². The fraction of sp³-hybridized carbons (Fsp3) is 0.750. The number of carboxylic acid groups (broad SMARTS) is 1. The van der Waals surface area contributed by atoms with Crippen LogP contribution in [0.15, 0.2) is 0 Å². The third kappa shape index (κ3) is 3.91. The Morgan fingerprint density at radius 2 is 2.00 bits per heavy atom. The molecule has 0 spiro atoms. The first kappa shape index (κ1) is 10.3. The Hall–Kier alpha value is -0.660. The summed E-state index contributed by atoms with van der Waals surface area (Å²) in [5, 5.41) is 8.29. The maximum absolute atomic E-state index is 10.6. The molecule has 0 rings (SSSR count). The first-order chi connectivity index (χ1) is 4.89. The van der Waals surface area contributed by atoms with E-state index < -0.39 is 22.2 Å². The summed E-state index contributed by atoms with van der Waals surface area (Å²) in [6.07, 6.45) is 0. The molecule has 0 aromatic carbocycles. The van der Waals surface area contributed by atoms with E-state index >= 15 is 0 Å². The molecule has 0 heterocycles. The lowest BCUT2D eigenvalue weighted by molar-refractivity contribution is -0.138. The quantitative estimate of drug-likeness (QED) is 0.493. The summed E-state index contributed by atoms with van der Waals surface area (Å²) in [5.41, 5.74) is 0. The van der Waals surface area contributed by atoms with Crippen molar-refractivity contribution in [2.24, 2.45) is 0 Å². The monoisotopic (exact) mass is 182 g/mol. The van der Waals surface area contributed by atoms with Crippen molar-refractivity contribution in [1.29, 1.82) is 0 Å². The van der Waals surface area contributed by atoms with Gasteiger partial charge in [0.05, 0.1) is 0 Å². The highest BCUT2D eigenvalue weighted by Crippen LogP contribution is 1.83. The van der Waals surface area contributed by atoms with Crippen LogP contribution in [0.5, 0.6) is 0 Å². The fourth-order valence-corrected chi connectivity index (χ4v) is 1.03. The van der Waals surface area contributed by atoms with Crippen molar-refractivity contribution in [3.8, 4) is 0 Å². The molecule has 0 unspecified atom stereocenters. The second-order valence-electron chi connectivity index (χ2n) is 1.89. The van der Waals surface area contributed by atoms with Crippen molar-refractivity contribution in [3.05, 3.63) is 0 Å². The van der Waals surface area contributed by atoms with Crippen LogP contribution in [0.1, 0.15) is 6.92 Å². The largest absolute Gasteiger partial charge is 0.480 e. The lowest BCUT2D eigenvalue weighted by Gasteiger charge is -2.07. The zero-order valence-electron chi connectivity index (χ0n) is 6.16. The molecule has 0 saturated carbocycles. The first-order valence-electron chi connectivity index (χ1n) is 2.82. The van der Waals surface area contributed by atoms with Crippen LogP contribution in [0.3, 0.4) is 0 Å². The minimum absolute atomic E-state index is 1.12. The number of nitrogens with one attached hydrogen (secondary N) is 2. The highest BCUT2D eigenvalue weighted by molar-refractivity contribution is 7.87. The molecular formula is C4H10N2O4S. The van der Waals surface area contributed by atoms with E-state index in [0.29, 0.717) is 0 Å². The van der Waals surface area contributed by atoms with Gasteiger partial charge in [-0.15, -0.1) is 0 Å². The third-order valence-corrected chi connectivity index (χ3v) is 2.17. The minimum Gasteiger partial charge on any atom is -0.480 e. The van der Waals surface area contributed by atoms with Crippen LogP contribution in [0.25, 0.3) is 0 Å². The number of aliphatic carboxylic acids is 1. The Bertz CT molecular complexity index is 234. The maximum atomic E-state index is 10.6. The van der Waals surface area contributed by atoms with E-state index in [9.17, 15) is 13.2 Å². The van der Waals surface area contributed by atoms with Crippen LogP contribution in [0.2, 0.25) is 0 Å². The lowest BCUT2D eigenvalue weighted by atomic mass is 10.4. The summed E-state index contributed by atoms with van der Waals surface area (Å²) in [6, 6.07) is -1.12. The number of rotatable bonds is 4. The molecule has 0 radical (unpaired) electrons. The molecule has 6 nitrogen and oxygen atoms in total. The van der Waals surface area contributed by atoms with Gasteiger partial charge in [-0.25, -0.2) is 4.72 Å². The SMILES string of the molecule is CNS(=O)(=O)N[C@H](C)C(=O)O. The van der Waals surface area contributed by atoms with Crippen LogP contribution in [-0.2, 0) is 15.0 Å². The summed E-state index contributed by atoms with van der Waals surface area (Å²) >= 11 is 0. The Morgan fingerprint density at radius 3 is 2.27 bits per heavy atom. The van der Waals surface area contributed by atoms with Crippen molar-refractivity contribution >= 4 is 16.2 Å². The molecule has 0 aromatic rings. The number of hydrogen-bond donors (Lipinski definition) is 3. The van der Waals surface area contributed by atoms with E-state index in [2.05, 4.69) is 0 Å².